The van der Waals surface area contributed by atoms with Crippen molar-refractivity contribution in [2.24, 2.45) is 0 Å². The molecular weight excluding hydrogens is 406 g/mol. The van der Waals surface area contributed by atoms with Crippen LogP contribution in [0.15, 0.2) is 47.2 Å². The molecule has 0 fully saturated rings. The Kier molecular flexibility index (Phi) is 5.24. The molecule has 8 heteroatoms. The molecule has 1 aromatic carbocycles. The molecule has 25 heavy (non-hydrogen) atoms. The average molecular weight is 423 g/mol. The molecule has 1 atom stereocenters. The van der Waals surface area contributed by atoms with Crippen molar-refractivity contribution in [2.45, 2.75) is 26.4 Å². The van der Waals surface area contributed by atoms with Crippen LogP contribution in [0.3, 0.4) is 0 Å². The maximum atomic E-state index is 12.5. The topological polar surface area (TPSA) is 64.7 Å². The molecule has 2 aromatic heterocycles. The van der Waals surface area contributed by atoms with Crippen molar-refractivity contribution in [2.75, 3.05) is 5.32 Å². The lowest BCUT2D eigenvalue weighted by Crippen LogP contribution is -2.24. The van der Waals surface area contributed by atoms with Crippen LogP contribution in [0.2, 0.25) is 5.02 Å². The molecule has 1 amide bonds. The van der Waals surface area contributed by atoms with Crippen molar-refractivity contribution in [1.29, 1.82) is 0 Å². The number of halogens is 2. The highest BCUT2D eigenvalue weighted by atomic mass is 79.9. The van der Waals surface area contributed by atoms with Crippen LogP contribution in [0, 0.1) is 6.92 Å². The largest absolute Gasteiger partial charge is 0.306 e. The van der Waals surface area contributed by atoms with Crippen molar-refractivity contribution >= 4 is 39.3 Å². The highest BCUT2D eigenvalue weighted by Crippen LogP contribution is 2.22. The van der Waals surface area contributed by atoms with Gasteiger partial charge in [-0.1, -0.05) is 41.9 Å². The van der Waals surface area contributed by atoms with Gasteiger partial charge in [0.25, 0.3) is 0 Å². The number of aryl methyl sites for hydroxylation is 1. The molecule has 130 valence electrons. The van der Waals surface area contributed by atoms with Gasteiger partial charge in [0.15, 0.2) is 5.82 Å². The Balaban J connectivity index is 1.71. The van der Waals surface area contributed by atoms with Crippen LogP contribution in [0.4, 0.5) is 5.82 Å². The van der Waals surface area contributed by atoms with E-state index in [4.69, 9.17) is 11.6 Å². The molecule has 0 saturated heterocycles. The van der Waals surface area contributed by atoms with Gasteiger partial charge in [-0.05, 0) is 35.3 Å². The Morgan fingerprint density at radius 1 is 1.28 bits per heavy atom. The Labute approximate surface area is 158 Å². The van der Waals surface area contributed by atoms with Gasteiger partial charge in [0.1, 0.15) is 11.1 Å². The SMILES string of the molecule is Cc1nn(C(C)C(=O)Nc2nn(Cc3ccccc3)cc2Cl)cc1Br. The van der Waals surface area contributed by atoms with Crippen molar-refractivity contribution in [3.8, 4) is 0 Å². The summed E-state index contributed by atoms with van der Waals surface area (Å²) >= 11 is 9.60. The van der Waals surface area contributed by atoms with Gasteiger partial charge >= 0.3 is 0 Å². The minimum Gasteiger partial charge on any atom is -0.306 e. The van der Waals surface area contributed by atoms with E-state index < -0.39 is 6.04 Å². The number of nitrogens with one attached hydrogen (secondary N) is 1. The number of rotatable bonds is 5. The van der Waals surface area contributed by atoms with E-state index in [0.29, 0.717) is 17.4 Å². The second-order valence-electron chi connectivity index (χ2n) is 5.72. The van der Waals surface area contributed by atoms with Crippen molar-refractivity contribution in [3.05, 3.63) is 63.5 Å². The first-order chi connectivity index (χ1) is 11.9. The Morgan fingerprint density at radius 2 is 2.00 bits per heavy atom. The van der Waals surface area contributed by atoms with Gasteiger partial charge in [0, 0.05) is 12.4 Å². The summed E-state index contributed by atoms with van der Waals surface area (Å²) in [5.41, 5.74) is 1.93. The van der Waals surface area contributed by atoms with E-state index in [9.17, 15) is 4.79 Å². The molecule has 1 unspecified atom stereocenters. The van der Waals surface area contributed by atoms with Crippen LogP contribution >= 0.6 is 27.5 Å². The fraction of sp³-hybridized carbons (Fsp3) is 0.235. The molecule has 0 spiro atoms. The third kappa shape index (κ3) is 4.11. The van der Waals surface area contributed by atoms with Gasteiger partial charge in [-0.2, -0.15) is 10.2 Å². The molecule has 6 nitrogen and oxygen atoms in total. The van der Waals surface area contributed by atoms with Gasteiger partial charge < -0.3 is 5.32 Å². The normalized spacial score (nSPS) is 12.2. The van der Waals surface area contributed by atoms with Gasteiger partial charge in [0.05, 0.1) is 16.7 Å². The van der Waals surface area contributed by atoms with Crippen LogP contribution in [0.25, 0.3) is 0 Å². The summed E-state index contributed by atoms with van der Waals surface area (Å²) < 4.78 is 4.16. The van der Waals surface area contributed by atoms with Crippen LogP contribution in [0.5, 0.6) is 0 Å². The maximum absolute atomic E-state index is 12.5. The second-order valence-corrected chi connectivity index (χ2v) is 6.98. The van der Waals surface area contributed by atoms with E-state index in [1.165, 1.54) is 0 Å². The molecule has 2 heterocycles. The lowest BCUT2D eigenvalue weighted by atomic mass is 10.2. The summed E-state index contributed by atoms with van der Waals surface area (Å²) in [6.07, 6.45) is 3.47. The first-order valence-corrected chi connectivity index (χ1v) is 8.90. The summed E-state index contributed by atoms with van der Waals surface area (Å²) in [4.78, 5) is 12.5. The lowest BCUT2D eigenvalue weighted by molar-refractivity contribution is -0.119. The molecule has 1 N–H and O–H groups in total. The number of carbonyl (C=O) groups excluding carboxylic acids is 1. The number of benzene rings is 1. The summed E-state index contributed by atoms with van der Waals surface area (Å²) in [6, 6.07) is 9.42. The first-order valence-electron chi connectivity index (χ1n) is 7.73. The van der Waals surface area contributed by atoms with Crippen LogP contribution < -0.4 is 5.32 Å². The smallest absolute Gasteiger partial charge is 0.250 e. The molecule has 0 aliphatic heterocycles. The van der Waals surface area contributed by atoms with Crippen LogP contribution in [0.1, 0.15) is 24.2 Å². The minimum atomic E-state index is -0.486. The standard InChI is InChI=1S/C17H17BrClN5O/c1-11-14(18)9-24(21-11)12(2)17(25)20-16-15(19)10-23(22-16)8-13-6-4-3-5-7-13/h3-7,9-10,12H,8H2,1-2H3,(H,20,22,25). The summed E-state index contributed by atoms with van der Waals surface area (Å²) in [5.74, 6) is 0.110. The Hall–Kier alpha value is -2.12. The van der Waals surface area contributed by atoms with Gasteiger partial charge in [-0.15, -0.1) is 0 Å². The zero-order chi connectivity index (χ0) is 18.0. The maximum Gasteiger partial charge on any atom is 0.250 e. The van der Waals surface area contributed by atoms with Crippen molar-refractivity contribution in [1.82, 2.24) is 19.6 Å². The van der Waals surface area contributed by atoms with Crippen LogP contribution in [-0.2, 0) is 11.3 Å². The summed E-state index contributed by atoms with van der Waals surface area (Å²) in [5, 5.41) is 11.8. The van der Waals surface area contributed by atoms with E-state index in [1.807, 2.05) is 37.3 Å². The van der Waals surface area contributed by atoms with E-state index in [2.05, 4.69) is 31.4 Å². The summed E-state index contributed by atoms with van der Waals surface area (Å²) in [6.45, 7) is 4.22. The quantitative estimate of drug-likeness (QED) is 0.674. The zero-order valence-electron chi connectivity index (χ0n) is 13.8. The summed E-state index contributed by atoms with van der Waals surface area (Å²) in [7, 11) is 0. The molecule has 0 bridgehead atoms. The molecular formula is C17H17BrClN5O. The predicted molar refractivity (Wildman–Crippen MR) is 101 cm³/mol. The highest BCUT2D eigenvalue weighted by Gasteiger charge is 2.19. The number of nitrogens with zero attached hydrogens (tertiary/aromatic N) is 4. The second kappa shape index (κ2) is 7.41. The average Bonchev–Trinajstić information content (AvgIpc) is 3.10. The fourth-order valence-electron chi connectivity index (χ4n) is 2.33. The van der Waals surface area contributed by atoms with Crippen molar-refractivity contribution < 1.29 is 4.79 Å². The third-order valence-electron chi connectivity index (χ3n) is 3.78. The highest BCUT2D eigenvalue weighted by molar-refractivity contribution is 9.10. The van der Waals surface area contributed by atoms with E-state index >= 15 is 0 Å². The van der Waals surface area contributed by atoms with E-state index in [0.717, 1.165) is 15.7 Å². The van der Waals surface area contributed by atoms with Crippen LogP contribution in [-0.4, -0.2) is 25.5 Å². The monoisotopic (exact) mass is 421 g/mol. The number of hydrogen-bond acceptors (Lipinski definition) is 3. The van der Waals surface area contributed by atoms with Gasteiger partial charge in [-0.25, -0.2) is 0 Å². The molecule has 3 aromatic rings. The van der Waals surface area contributed by atoms with Gasteiger partial charge in [-0.3, -0.25) is 14.2 Å². The Bertz CT molecular complexity index is 870. The number of amides is 1. The van der Waals surface area contributed by atoms with E-state index in [-0.39, 0.29) is 5.91 Å². The molecule has 0 aliphatic carbocycles. The lowest BCUT2D eigenvalue weighted by Gasteiger charge is -2.11. The molecule has 0 saturated carbocycles. The zero-order valence-corrected chi connectivity index (χ0v) is 16.1. The Morgan fingerprint density at radius 3 is 2.64 bits per heavy atom. The number of carbonyl (C=O) groups is 1. The molecule has 3 rings (SSSR count). The minimum absolute atomic E-state index is 0.234. The number of aromatic nitrogens is 4. The molecule has 0 aliphatic rings. The molecule has 0 radical (unpaired) electrons. The number of hydrogen-bond donors (Lipinski definition) is 1. The third-order valence-corrected chi connectivity index (χ3v) is 4.83. The number of anilines is 1. The predicted octanol–water partition coefficient (Wildman–Crippen LogP) is 4.05. The van der Waals surface area contributed by atoms with E-state index in [1.54, 1.807) is 28.7 Å². The van der Waals surface area contributed by atoms with Gasteiger partial charge in [0.2, 0.25) is 5.91 Å². The van der Waals surface area contributed by atoms with Crippen molar-refractivity contribution in [3.63, 3.8) is 0 Å². The first kappa shape index (κ1) is 17.7. The fourth-order valence-corrected chi connectivity index (χ4v) is 2.82.